The Morgan fingerprint density at radius 1 is 0.291 bits per heavy atom. The molecule has 117 heavy (non-hydrogen) atoms. The van der Waals surface area contributed by atoms with Gasteiger partial charge in [0.2, 0.25) is 5.75 Å². The van der Waals surface area contributed by atoms with Crippen molar-refractivity contribution in [3.63, 3.8) is 0 Å². The molecule has 0 aromatic heterocycles. The minimum Gasteiger partial charge on any atom is -0.491 e. The molecule has 0 saturated carbocycles. The topological polar surface area (TPSA) is 120 Å². The van der Waals surface area contributed by atoms with Gasteiger partial charge in [-0.15, -0.1) is 0 Å². The number of nitrogens with zero attached hydrogens (tertiary/aromatic N) is 2. The van der Waals surface area contributed by atoms with Gasteiger partial charge in [0.25, 0.3) is 0 Å². The Morgan fingerprint density at radius 3 is 0.803 bits per heavy atom. The Labute approximate surface area is 614 Å². The number of nitriles is 2. The molecule has 0 spiro atoms. The van der Waals surface area contributed by atoms with Crippen molar-refractivity contribution in [3.8, 4) is 35.1 Å². The van der Waals surface area contributed by atoms with E-state index in [2.05, 4.69) is 0 Å². The van der Waals surface area contributed by atoms with E-state index in [1.54, 1.807) is 0 Å². The Hall–Kier alpha value is -7.78. The molecule has 0 aliphatic carbocycles. The van der Waals surface area contributed by atoms with Gasteiger partial charge in [-0.25, -0.2) is 4.79 Å². The van der Waals surface area contributed by atoms with Crippen molar-refractivity contribution < 1.29 is 257 Å². The summed E-state index contributed by atoms with van der Waals surface area (Å²) in [4.78, 5) is 13.4. The quantitative estimate of drug-likeness (QED) is 0.0276. The van der Waals surface area contributed by atoms with Crippen LogP contribution in [0.2, 0.25) is 0 Å². The first-order valence-electron chi connectivity index (χ1n) is 29.9. The van der Waals surface area contributed by atoms with E-state index in [9.17, 15) is 229 Å². The van der Waals surface area contributed by atoms with E-state index in [0.29, 0.717) is 0 Å². The average Bonchev–Trinajstić information content (AvgIpc) is 0.705. The van der Waals surface area contributed by atoms with Crippen molar-refractivity contribution in [2.75, 3.05) is 46.2 Å². The van der Waals surface area contributed by atoms with Gasteiger partial charge >= 0.3 is 149 Å². The van der Waals surface area contributed by atoms with Gasteiger partial charge in [0.1, 0.15) is 36.7 Å². The fourth-order valence-electron chi connectivity index (χ4n) is 8.51. The van der Waals surface area contributed by atoms with E-state index in [1.165, 1.54) is 36.4 Å². The van der Waals surface area contributed by atoms with Crippen molar-refractivity contribution in [3.05, 3.63) is 53.1 Å². The third kappa shape index (κ3) is 18.6. The Balaban J connectivity index is 2.85. The van der Waals surface area contributed by atoms with Gasteiger partial charge in [0, 0.05) is 19.3 Å². The molecule has 0 fully saturated rings. The van der Waals surface area contributed by atoms with Gasteiger partial charge in [-0.2, -0.15) is 234 Å². The zero-order chi connectivity index (χ0) is 92.5. The molecule has 0 heterocycles. The molecule has 0 atom stereocenters. The van der Waals surface area contributed by atoms with Crippen molar-refractivity contribution in [2.45, 2.75) is 201 Å². The van der Waals surface area contributed by atoms with E-state index in [0.717, 1.165) is 6.08 Å². The smallest absolute Gasteiger partial charge is 0.460 e. The molecule has 2 aromatic carbocycles. The van der Waals surface area contributed by atoms with E-state index in [-0.39, 0.29) is 29.0 Å². The molecular weight excluding hydrogens is 1790 g/mol. The number of esters is 1. The number of rotatable bonds is 45. The highest BCUT2D eigenvalue weighted by Gasteiger charge is 2.98. The number of carbonyl (C=O) groups is 1. The van der Waals surface area contributed by atoms with E-state index >= 15 is 0 Å². The lowest BCUT2D eigenvalue weighted by Crippen LogP contribution is -2.74. The number of hydrogen-bond donors (Lipinski definition) is 0. The number of unbranched alkanes of at least 4 members (excludes halogenated alkanes) is 3. The van der Waals surface area contributed by atoms with Crippen LogP contribution in [0.15, 0.2) is 42.0 Å². The summed E-state index contributed by atoms with van der Waals surface area (Å²) in [7, 11) is 0. The summed E-state index contributed by atoms with van der Waals surface area (Å²) in [6.07, 6.45) is -45.4. The number of benzene rings is 2. The summed E-state index contributed by atoms with van der Waals surface area (Å²) in [5.41, 5.74) is -1.49. The second kappa shape index (κ2) is 34.0. The van der Waals surface area contributed by atoms with Crippen LogP contribution in [0.25, 0.3) is 6.08 Å². The molecule has 0 saturated heterocycles. The number of halogens is 51. The van der Waals surface area contributed by atoms with Gasteiger partial charge in [-0.05, 0) is 74.4 Å². The fourth-order valence-corrected chi connectivity index (χ4v) is 8.51. The maximum atomic E-state index is 14.8. The van der Waals surface area contributed by atoms with Crippen molar-refractivity contribution in [2.24, 2.45) is 0 Å². The fraction of sp³-hybridized carbons (Fsp3) is 0.702. The predicted octanol–water partition coefficient (Wildman–Crippen LogP) is 23.0. The number of ether oxygens (including phenoxy) is 6. The molecule has 0 bridgehead atoms. The SMILES string of the molecule is N#CC(C#N)=Cc1ccc(OCCOCCOC(=O)c2cc(OCCCCC(F)(F)C(F)(F)C(F)(F)C(F)(F)C(F)(F)C(F)(F)C(F)(F)C(F)(F)F)c(OCCCCC(F)(F)C(F)(F)C(F)(F)C(F)(F)C(F)(F)C(F)(F)C(F)(F)C(F)(F)F)c(OCCCCC(F)(F)C(F)(F)C(F)(F)C(F)(F)C(F)(F)C(F)(F)C(F)(F)C(F)(F)F)c2)cc1. The number of allylic oxidation sites excluding steroid dienone is 1. The lowest BCUT2D eigenvalue weighted by Gasteiger charge is -2.42. The Morgan fingerprint density at radius 2 is 0.538 bits per heavy atom. The zero-order valence-corrected chi connectivity index (χ0v) is 55.4. The zero-order valence-electron chi connectivity index (χ0n) is 55.4. The van der Waals surface area contributed by atoms with Gasteiger partial charge in [0.15, 0.2) is 11.5 Å². The van der Waals surface area contributed by atoms with Crippen LogP contribution in [0.3, 0.4) is 0 Å². The number of hydrogen-bond acceptors (Lipinski definition) is 9. The Kier molecular flexibility index (Phi) is 30.6. The third-order valence-corrected chi connectivity index (χ3v) is 15.4. The lowest BCUT2D eigenvalue weighted by atomic mass is 9.88. The van der Waals surface area contributed by atoms with E-state index in [1.807, 2.05) is 0 Å². The summed E-state index contributed by atoms with van der Waals surface area (Å²) < 4.78 is 739. The van der Waals surface area contributed by atoms with E-state index in [4.69, 9.17) is 38.9 Å². The monoisotopic (exact) mass is 1830 g/mol. The van der Waals surface area contributed by atoms with Gasteiger partial charge < -0.3 is 28.4 Å². The van der Waals surface area contributed by atoms with Crippen LogP contribution in [0.1, 0.15) is 73.7 Å². The lowest BCUT2D eigenvalue weighted by molar-refractivity contribution is -0.461. The van der Waals surface area contributed by atoms with Gasteiger partial charge in [-0.1, -0.05) is 12.1 Å². The first kappa shape index (κ1) is 105. The van der Waals surface area contributed by atoms with Crippen LogP contribution in [0, 0.1) is 22.7 Å². The maximum absolute atomic E-state index is 14.8. The summed E-state index contributed by atoms with van der Waals surface area (Å²) in [5.74, 6) is -188. The molecule has 0 unspecified atom stereocenters. The maximum Gasteiger partial charge on any atom is 0.460 e. The van der Waals surface area contributed by atoms with Crippen molar-refractivity contribution in [1.29, 1.82) is 10.5 Å². The van der Waals surface area contributed by atoms with E-state index < -0.39 is 276 Å². The van der Waals surface area contributed by atoms with Crippen molar-refractivity contribution >= 4 is 12.0 Å². The normalized spacial score (nSPS) is 15.1. The molecule has 2 aromatic rings. The van der Waals surface area contributed by atoms with Crippen LogP contribution in [-0.2, 0) is 9.47 Å². The molecule has 676 valence electrons. The van der Waals surface area contributed by atoms with Gasteiger partial charge in [-0.3, -0.25) is 0 Å². The first-order chi connectivity index (χ1) is 51.7. The van der Waals surface area contributed by atoms with Crippen LogP contribution in [-0.4, -0.2) is 195 Å². The largest absolute Gasteiger partial charge is 0.491 e. The first-order valence-corrected chi connectivity index (χ1v) is 29.9. The molecule has 9 nitrogen and oxygen atoms in total. The average molecular weight is 1830 g/mol. The number of alkyl halides is 51. The molecule has 0 amide bonds. The summed E-state index contributed by atoms with van der Waals surface area (Å²) in [6, 6.07) is 8.13. The van der Waals surface area contributed by atoms with Crippen LogP contribution in [0.4, 0.5) is 224 Å². The predicted molar refractivity (Wildman–Crippen MR) is 279 cm³/mol. The molecule has 2 rings (SSSR count). The number of carbonyl (C=O) groups excluding carboxylic acids is 1. The molecule has 0 radical (unpaired) electrons. The minimum atomic E-state index is -9.16. The highest BCUT2D eigenvalue weighted by atomic mass is 19.5. The standard InChI is InChI=1S/C57H39F51N2O7/c58-34(59,37(64,65)40(70,71)43(76,77)46(82,83)49(88,89)52(94,95)55(100,101)102)11-1-4-14-114-30-22-28(33(111)117-20-18-112-17-19-113-29-9-7-26(8-10-29)21-27(24-109)25-110)23-31(115-15-5-2-12-35(60,61)38(66,67)41(72,73)44(78,79)47(84,85)50(90,91)53(96,97)56(103,104)105)32(30)116-16-6-3-13-36(62,63)39(68,69)42(74,75)45(80,81)48(86,87)51(92,93)54(98,99)57(106,107)108/h7-10,21-23H,1-6,11-20H2. The van der Waals surface area contributed by atoms with Crippen LogP contribution in [0.5, 0.6) is 23.0 Å². The molecule has 60 heteroatoms. The van der Waals surface area contributed by atoms with Gasteiger partial charge in [0.05, 0.1) is 38.6 Å². The minimum absolute atomic E-state index is 0.00548. The summed E-state index contributed by atoms with van der Waals surface area (Å²) in [6.45, 7) is -8.55. The Bertz CT molecular complexity index is 3640. The molecule has 0 N–H and O–H groups in total. The second-order valence-electron chi connectivity index (χ2n) is 23.6. The summed E-state index contributed by atoms with van der Waals surface area (Å²) >= 11 is 0. The summed E-state index contributed by atoms with van der Waals surface area (Å²) in [5, 5.41) is 17.8. The molecule has 0 aliphatic heterocycles. The second-order valence-corrected chi connectivity index (χ2v) is 23.6. The molecular formula is C57H39F51N2O7. The van der Waals surface area contributed by atoms with Crippen LogP contribution >= 0.6 is 0 Å². The van der Waals surface area contributed by atoms with Crippen molar-refractivity contribution in [1.82, 2.24) is 0 Å². The highest BCUT2D eigenvalue weighted by molar-refractivity contribution is 5.91. The van der Waals surface area contributed by atoms with Crippen LogP contribution < -0.4 is 18.9 Å². The highest BCUT2D eigenvalue weighted by Crippen LogP contribution is 2.69. The molecule has 0 aliphatic rings. The third-order valence-electron chi connectivity index (χ3n) is 15.4.